The molecule has 0 unspecified atom stereocenters. The van der Waals surface area contributed by atoms with Gasteiger partial charge in [0.25, 0.3) is 0 Å². The predicted molar refractivity (Wildman–Crippen MR) is 82.6 cm³/mol. The average molecular weight is 289 g/mol. The average Bonchev–Trinajstić information content (AvgIpc) is 2.80. The maximum atomic E-state index is 6.51. The summed E-state index contributed by atoms with van der Waals surface area (Å²) in [7, 11) is 0. The quantitative estimate of drug-likeness (QED) is 0.767. The lowest BCUT2D eigenvalue weighted by Gasteiger charge is -2.47. The summed E-state index contributed by atoms with van der Waals surface area (Å²) in [5.74, 6) is 2.10. The molecule has 0 radical (unpaired) electrons. The van der Waals surface area contributed by atoms with Gasteiger partial charge in [0.15, 0.2) is 0 Å². The largest absolute Gasteiger partial charge is 0.357 e. The van der Waals surface area contributed by atoms with Gasteiger partial charge in [-0.15, -0.1) is 11.8 Å². The number of aryl methyl sites for hydroxylation is 1. The van der Waals surface area contributed by atoms with Gasteiger partial charge in [0.1, 0.15) is 5.44 Å². The highest BCUT2D eigenvalue weighted by Gasteiger charge is 2.66. The number of hydrogen-bond acceptors (Lipinski definition) is 3. The summed E-state index contributed by atoms with van der Waals surface area (Å²) < 4.78 is 6.51. The van der Waals surface area contributed by atoms with Crippen LogP contribution in [0.5, 0.6) is 0 Å². The van der Waals surface area contributed by atoms with E-state index in [0.29, 0.717) is 16.9 Å². The van der Waals surface area contributed by atoms with Gasteiger partial charge in [0.05, 0.1) is 11.8 Å². The molecule has 0 amide bonds. The maximum Gasteiger partial charge on any atom is 0.145 e. The van der Waals surface area contributed by atoms with Crippen LogP contribution in [0.2, 0.25) is 0 Å². The number of pyridine rings is 1. The number of hydrogen-bond donors (Lipinski definition) is 0. The van der Waals surface area contributed by atoms with Crippen molar-refractivity contribution in [3.8, 4) is 0 Å². The summed E-state index contributed by atoms with van der Waals surface area (Å²) in [5.41, 5.74) is 3.20. The van der Waals surface area contributed by atoms with Crippen LogP contribution in [-0.4, -0.2) is 16.8 Å². The highest BCUT2D eigenvalue weighted by molar-refractivity contribution is 7.99. The van der Waals surface area contributed by atoms with Crippen LogP contribution in [0.15, 0.2) is 18.2 Å². The van der Waals surface area contributed by atoms with E-state index in [1.807, 2.05) is 11.8 Å². The molecule has 0 aromatic carbocycles. The first-order valence-corrected chi connectivity index (χ1v) is 8.78. The van der Waals surface area contributed by atoms with Crippen molar-refractivity contribution in [2.75, 3.05) is 5.75 Å². The molecule has 1 aromatic rings. The first kappa shape index (κ1) is 13.1. The maximum absolute atomic E-state index is 6.51. The van der Waals surface area contributed by atoms with Crippen molar-refractivity contribution in [1.29, 1.82) is 0 Å². The monoisotopic (exact) mass is 289 g/mol. The van der Waals surface area contributed by atoms with Crippen molar-refractivity contribution in [3.63, 3.8) is 0 Å². The minimum absolute atomic E-state index is 0.140. The van der Waals surface area contributed by atoms with Crippen molar-refractivity contribution in [2.45, 2.75) is 51.6 Å². The number of thioether (sulfide) groups is 1. The van der Waals surface area contributed by atoms with Crippen LogP contribution in [0, 0.1) is 23.7 Å². The fraction of sp³-hybridized carbons (Fsp3) is 0.706. The molecule has 108 valence electrons. The van der Waals surface area contributed by atoms with Crippen LogP contribution >= 0.6 is 11.8 Å². The molecular formula is C17H23NOS. The molecule has 1 aromatic heterocycles. The minimum Gasteiger partial charge on any atom is -0.357 e. The number of nitrogens with zero attached hydrogens (tertiary/aromatic N) is 1. The number of fused-ring (bicyclic) bond motifs is 1. The van der Waals surface area contributed by atoms with Crippen LogP contribution in [0.3, 0.4) is 0 Å². The zero-order valence-electron chi connectivity index (χ0n) is 12.6. The Hall–Kier alpha value is -0.540. The molecule has 2 bridgehead atoms. The van der Waals surface area contributed by atoms with Crippen molar-refractivity contribution in [1.82, 2.24) is 4.98 Å². The van der Waals surface area contributed by atoms with Gasteiger partial charge in [-0.2, -0.15) is 0 Å². The normalized spacial score (nSPS) is 41.6. The lowest BCUT2D eigenvalue weighted by Crippen LogP contribution is -2.45. The molecule has 4 rings (SSSR count). The van der Waals surface area contributed by atoms with Gasteiger partial charge >= 0.3 is 0 Å². The predicted octanol–water partition coefficient (Wildman–Crippen LogP) is 4.35. The van der Waals surface area contributed by atoms with Crippen LogP contribution in [-0.2, 0) is 4.74 Å². The molecule has 2 aliphatic carbocycles. The molecule has 1 saturated heterocycles. The van der Waals surface area contributed by atoms with E-state index in [1.165, 1.54) is 25.0 Å². The van der Waals surface area contributed by atoms with Gasteiger partial charge in [-0.1, -0.05) is 19.9 Å². The molecule has 20 heavy (non-hydrogen) atoms. The van der Waals surface area contributed by atoms with Gasteiger partial charge in [-0.3, -0.25) is 4.98 Å². The smallest absolute Gasteiger partial charge is 0.145 e. The Morgan fingerprint density at radius 1 is 1.35 bits per heavy atom. The van der Waals surface area contributed by atoms with E-state index in [0.717, 1.165) is 17.3 Å². The first-order chi connectivity index (χ1) is 9.53. The SMILES string of the molecule is Cc1cccc([C@H]2O[C@H]3C[C@H]4CC[C@]3(CS2)C4(C)C)n1. The molecule has 2 heterocycles. The zero-order chi connectivity index (χ0) is 14.0. The van der Waals surface area contributed by atoms with Crippen LogP contribution in [0.1, 0.15) is 49.9 Å². The Morgan fingerprint density at radius 3 is 2.95 bits per heavy atom. The van der Waals surface area contributed by atoms with Crippen LogP contribution < -0.4 is 0 Å². The van der Waals surface area contributed by atoms with Gasteiger partial charge in [0, 0.05) is 16.9 Å². The van der Waals surface area contributed by atoms with Gasteiger partial charge in [0.2, 0.25) is 0 Å². The lowest BCUT2D eigenvalue weighted by atomic mass is 9.69. The Kier molecular flexibility index (Phi) is 2.78. The first-order valence-electron chi connectivity index (χ1n) is 7.73. The van der Waals surface area contributed by atoms with Crippen molar-refractivity contribution >= 4 is 11.8 Å². The highest BCUT2D eigenvalue weighted by atomic mass is 32.2. The summed E-state index contributed by atoms with van der Waals surface area (Å²) in [6.07, 6.45) is 4.47. The summed E-state index contributed by atoms with van der Waals surface area (Å²) in [6.45, 7) is 7.00. The second-order valence-electron chi connectivity index (χ2n) is 7.32. The van der Waals surface area contributed by atoms with Gasteiger partial charge in [-0.25, -0.2) is 0 Å². The van der Waals surface area contributed by atoms with E-state index in [4.69, 9.17) is 4.74 Å². The van der Waals surface area contributed by atoms with Crippen LogP contribution in [0.25, 0.3) is 0 Å². The Morgan fingerprint density at radius 2 is 2.20 bits per heavy atom. The molecule has 4 atom stereocenters. The summed E-state index contributed by atoms with van der Waals surface area (Å²) in [5, 5.41) is 0. The van der Waals surface area contributed by atoms with E-state index in [2.05, 4.69) is 44.0 Å². The summed E-state index contributed by atoms with van der Waals surface area (Å²) in [6, 6.07) is 6.26. The molecule has 3 fully saturated rings. The third-order valence-electron chi connectivity index (χ3n) is 6.29. The fourth-order valence-corrected chi connectivity index (χ4v) is 6.46. The number of aromatic nitrogens is 1. The lowest BCUT2D eigenvalue weighted by molar-refractivity contribution is -0.0680. The third-order valence-corrected chi connectivity index (χ3v) is 7.63. The second-order valence-corrected chi connectivity index (χ2v) is 8.37. The van der Waals surface area contributed by atoms with Crippen molar-refractivity contribution < 1.29 is 4.74 Å². The molecule has 2 nitrogen and oxygen atoms in total. The number of rotatable bonds is 1. The topological polar surface area (TPSA) is 22.1 Å². The molecule has 1 aliphatic heterocycles. The standard InChI is InChI=1S/C17H23NOS/c1-11-5-4-6-13(18-11)15-19-14-9-12-7-8-17(14,10-20-15)16(12,2)3/h4-6,12,14-15H,7-10H2,1-3H3/t12-,14+,15+,17-/m1/s1. The van der Waals surface area contributed by atoms with Gasteiger partial charge < -0.3 is 4.74 Å². The Bertz CT molecular complexity index is 544. The Labute approximate surface area is 125 Å². The molecule has 2 saturated carbocycles. The highest BCUT2D eigenvalue weighted by Crippen LogP contribution is 2.70. The third kappa shape index (κ3) is 1.59. The summed E-state index contributed by atoms with van der Waals surface area (Å²) in [4.78, 5) is 4.66. The van der Waals surface area contributed by atoms with Crippen molar-refractivity contribution in [3.05, 3.63) is 29.6 Å². The minimum atomic E-state index is 0.140. The van der Waals surface area contributed by atoms with E-state index in [9.17, 15) is 0 Å². The van der Waals surface area contributed by atoms with E-state index < -0.39 is 0 Å². The Balaban J connectivity index is 1.61. The van der Waals surface area contributed by atoms with Crippen LogP contribution in [0.4, 0.5) is 0 Å². The molecule has 3 heteroatoms. The van der Waals surface area contributed by atoms with Gasteiger partial charge in [-0.05, 0) is 49.7 Å². The van der Waals surface area contributed by atoms with E-state index in [1.54, 1.807) is 0 Å². The molecule has 3 aliphatic rings. The summed E-state index contributed by atoms with van der Waals surface area (Å²) >= 11 is 1.97. The van der Waals surface area contributed by atoms with E-state index in [-0.39, 0.29) is 5.44 Å². The van der Waals surface area contributed by atoms with E-state index >= 15 is 0 Å². The number of ether oxygens (including phenoxy) is 1. The molecule has 1 spiro atoms. The fourth-order valence-electron chi connectivity index (χ4n) is 4.79. The van der Waals surface area contributed by atoms with Crippen molar-refractivity contribution in [2.24, 2.45) is 16.7 Å². The second kappa shape index (κ2) is 4.23. The molecule has 0 N–H and O–H groups in total. The zero-order valence-corrected chi connectivity index (χ0v) is 13.4. The molecular weight excluding hydrogens is 266 g/mol.